The minimum atomic E-state index is -0.803. The third-order valence-electron chi connectivity index (χ3n) is 5.26. The number of rotatable bonds is 9. The van der Waals surface area contributed by atoms with E-state index in [1.165, 1.54) is 0 Å². The molecule has 0 spiro atoms. The van der Waals surface area contributed by atoms with Crippen LogP contribution in [0.1, 0.15) is 45.4 Å². The highest BCUT2D eigenvalue weighted by Crippen LogP contribution is 2.39. The summed E-state index contributed by atoms with van der Waals surface area (Å²) < 4.78 is 0. The molecule has 1 heterocycles. The topological polar surface area (TPSA) is 102 Å². The molecule has 1 atom stereocenters. The van der Waals surface area contributed by atoms with Gasteiger partial charge in [-0.3, -0.25) is 14.5 Å². The van der Waals surface area contributed by atoms with Gasteiger partial charge in [0.15, 0.2) is 0 Å². The lowest BCUT2D eigenvalue weighted by atomic mass is 9.98. The van der Waals surface area contributed by atoms with Gasteiger partial charge in [-0.05, 0) is 50.8 Å². The molecule has 1 saturated carbocycles. The van der Waals surface area contributed by atoms with Crippen LogP contribution in [0.5, 0.6) is 0 Å². The first-order valence-electron chi connectivity index (χ1n) is 9.87. The van der Waals surface area contributed by atoms with E-state index in [4.69, 9.17) is 0 Å². The third-order valence-corrected chi connectivity index (χ3v) is 5.26. The summed E-state index contributed by atoms with van der Waals surface area (Å²) in [5.74, 6) is 0.608. The molecule has 0 radical (unpaired) electrons. The Kier molecular flexibility index (Phi) is 6.10. The average Bonchev–Trinajstić information content (AvgIpc) is 3.52. The van der Waals surface area contributed by atoms with Crippen LogP contribution in [-0.2, 0) is 11.3 Å². The Labute approximate surface area is 164 Å². The number of nitrogens with one attached hydrogen (secondary N) is 2. The number of unbranched alkanes of at least 4 members (excludes halogenated alkanes) is 1. The number of hydrogen-bond acceptors (Lipinski definition) is 5. The summed E-state index contributed by atoms with van der Waals surface area (Å²) in [6.45, 7) is 5.14. The second-order valence-corrected chi connectivity index (χ2v) is 7.73. The molecule has 0 aliphatic heterocycles. The van der Waals surface area contributed by atoms with Gasteiger partial charge in [-0.2, -0.15) is 5.26 Å². The number of aromatic amines is 1. The molecule has 3 rings (SSSR count). The van der Waals surface area contributed by atoms with Gasteiger partial charge in [0.1, 0.15) is 11.4 Å². The number of nitriles is 1. The lowest BCUT2D eigenvalue weighted by Gasteiger charge is -2.26. The van der Waals surface area contributed by atoms with Crippen molar-refractivity contribution in [1.82, 2.24) is 20.2 Å². The first kappa shape index (κ1) is 20.0. The number of aromatic nitrogens is 2. The monoisotopic (exact) mass is 381 g/mol. The number of H-pyrrole nitrogens is 1. The number of hydrogen-bond donors (Lipinski definition) is 2. The van der Waals surface area contributed by atoms with Crippen LogP contribution >= 0.6 is 0 Å². The highest BCUT2D eigenvalue weighted by atomic mass is 16.2. The highest BCUT2D eigenvalue weighted by Gasteiger charge is 2.43. The fourth-order valence-corrected chi connectivity index (χ4v) is 3.43. The summed E-state index contributed by atoms with van der Waals surface area (Å²) in [4.78, 5) is 34.2. The van der Waals surface area contributed by atoms with E-state index in [1.807, 2.05) is 23.1 Å². The van der Waals surface area contributed by atoms with Gasteiger partial charge in [0.25, 0.3) is 5.56 Å². The van der Waals surface area contributed by atoms with Crippen molar-refractivity contribution < 1.29 is 4.79 Å². The van der Waals surface area contributed by atoms with Gasteiger partial charge < -0.3 is 10.3 Å². The van der Waals surface area contributed by atoms with Gasteiger partial charge in [-0.15, -0.1) is 0 Å². The second kappa shape index (κ2) is 8.53. The molecule has 2 N–H and O–H groups in total. The Hall–Kier alpha value is -2.72. The molecule has 1 aromatic heterocycles. The predicted molar refractivity (Wildman–Crippen MR) is 107 cm³/mol. The van der Waals surface area contributed by atoms with E-state index in [9.17, 15) is 14.9 Å². The molecule has 28 heavy (non-hydrogen) atoms. The molecule has 7 nitrogen and oxygen atoms in total. The van der Waals surface area contributed by atoms with Crippen LogP contribution in [0, 0.1) is 17.2 Å². The number of amides is 1. The van der Waals surface area contributed by atoms with Gasteiger partial charge in [-0.25, -0.2) is 4.98 Å². The number of para-hydroxylation sites is 1. The maximum atomic E-state index is 12.6. The summed E-state index contributed by atoms with van der Waals surface area (Å²) in [5, 5.41) is 12.9. The number of carbonyl (C=O) groups is 1. The summed E-state index contributed by atoms with van der Waals surface area (Å²) in [7, 11) is 0. The molecular weight excluding hydrogens is 354 g/mol. The van der Waals surface area contributed by atoms with Crippen molar-refractivity contribution in [3.8, 4) is 6.07 Å². The minimum absolute atomic E-state index is 0.167. The van der Waals surface area contributed by atoms with Crippen LogP contribution in [0.2, 0.25) is 0 Å². The Balaban J connectivity index is 1.72. The Morgan fingerprint density at radius 1 is 1.43 bits per heavy atom. The quantitative estimate of drug-likeness (QED) is 0.694. The highest BCUT2D eigenvalue weighted by molar-refractivity contribution is 5.79. The summed E-state index contributed by atoms with van der Waals surface area (Å²) in [6.07, 6.45) is 3.89. The molecule has 0 bridgehead atoms. The first-order chi connectivity index (χ1) is 13.4. The Morgan fingerprint density at radius 2 is 2.18 bits per heavy atom. The third kappa shape index (κ3) is 4.76. The fourth-order valence-electron chi connectivity index (χ4n) is 3.43. The molecule has 1 aliphatic rings. The molecule has 1 aromatic carbocycles. The lowest BCUT2D eigenvalue weighted by molar-refractivity contribution is -0.123. The van der Waals surface area contributed by atoms with Crippen molar-refractivity contribution in [1.29, 1.82) is 5.26 Å². The molecule has 0 saturated heterocycles. The summed E-state index contributed by atoms with van der Waals surface area (Å²) in [6, 6.07) is 9.47. The van der Waals surface area contributed by atoms with Crippen LogP contribution < -0.4 is 10.9 Å². The SMILES string of the molecule is CCCCN(CC(=O)N[C@](C)(C#N)C1CC1)Cc1nc2ccccc2c(=O)[nH]1. The van der Waals surface area contributed by atoms with Crippen molar-refractivity contribution in [2.75, 3.05) is 13.1 Å². The van der Waals surface area contributed by atoms with Gasteiger partial charge in [-0.1, -0.05) is 25.5 Å². The molecule has 0 unspecified atom stereocenters. The second-order valence-electron chi connectivity index (χ2n) is 7.73. The maximum absolute atomic E-state index is 12.6. The molecular formula is C21H27N5O2. The van der Waals surface area contributed by atoms with Crippen molar-refractivity contribution in [2.45, 2.75) is 51.6 Å². The van der Waals surface area contributed by atoms with Crippen molar-refractivity contribution in [3.05, 3.63) is 40.4 Å². The molecule has 7 heteroatoms. The van der Waals surface area contributed by atoms with Crippen molar-refractivity contribution in [3.63, 3.8) is 0 Å². The van der Waals surface area contributed by atoms with E-state index < -0.39 is 5.54 Å². The number of fused-ring (bicyclic) bond motifs is 1. The van der Waals surface area contributed by atoms with E-state index in [0.717, 1.165) is 25.7 Å². The largest absolute Gasteiger partial charge is 0.337 e. The van der Waals surface area contributed by atoms with Gasteiger partial charge >= 0.3 is 0 Å². The summed E-state index contributed by atoms with van der Waals surface area (Å²) in [5.41, 5.74) is -0.332. The van der Waals surface area contributed by atoms with Gasteiger partial charge in [0.05, 0.1) is 30.1 Å². The Bertz CT molecular complexity index is 944. The van der Waals surface area contributed by atoms with Crippen molar-refractivity contribution in [2.24, 2.45) is 5.92 Å². The van der Waals surface area contributed by atoms with Gasteiger partial charge in [0.2, 0.25) is 5.91 Å². The fraction of sp³-hybridized carbons (Fsp3) is 0.524. The number of benzene rings is 1. The van der Waals surface area contributed by atoms with E-state index in [2.05, 4.69) is 28.3 Å². The zero-order valence-electron chi connectivity index (χ0n) is 16.5. The van der Waals surface area contributed by atoms with E-state index >= 15 is 0 Å². The van der Waals surface area contributed by atoms with E-state index in [0.29, 0.717) is 29.8 Å². The minimum Gasteiger partial charge on any atom is -0.337 e. The first-order valence-corrected chi connectivity index (χ1v) is 9.87. The molecule has 2 aromatic rings. The van der Waals surface area contributed by atoms with Crippen LogP contribution in [0.15, 0.2) is 29.1 Å². The van der Waals surface area contributed by atoms with Gasteiger partial charge in [0, 0.05) is 0 Å². The lowest BCUT2D eigenvalue weighted by Crippen LogP contribution is -2.50. The maximum Gasteiger partial charge on any atom is 0.258 e. The molecule has 1 amide bonds. The normalized spacial score (nSPS) is 15.9. The molecule has 1 aliphatic carbocycles. The van der Waals surface area contributed by atoms with Crippen LogP contribution in [0.3, 0.4) is 0 Å². The standard InChI is InChI=1S/C21H27N5O2/c1-3-4-11-26(13-19(27)25-21(2,14-22)15-9-10-15)12-18-23-17-8-6-5-7-16(17)20(28)24-18/h5-8,15H,3-4,9-13H2,1-2H3,(H,25,27)(H,23,24,28)/t21-/m1/s1. The molecule has 1 fully saturated rings. The number of carbonyl (C=O) groups excluding carboxylic acids is 1. The summed E-state index contributed by atoms with van der Waals surface area (Å²) >= 11 is 0. The van der Waals surface area contributed by atoms with E-state index in [1.54, 1.807) is 13.0 Å². The van der Waals surface area contributed by atoms with Crippen LogP contribution in [0.25, 0.3) is 10.9 Å². The molecule has 148 valence electrons. The van der Waals surface area contributed by atoms with Crippen LogP contribution in [-0.4, -0.2) is 39.4 Å². The number of nitrogens with zero attached hydrogens (tertiary/aromatic N) is 3. The average molecular weight is 381 g/mol. The van der Waals surface area contributed by atoms with Crippen LogP contribution in [0.4, 0.5) is 0 Å². The van der Waals surface area contributed by atoms with E-state index in [-0.39, 0.29) is 23.9 Å². The Morgan fingerprint density at radius 3 is 2.86 bits per heavy atom. The zero-order valence-corrected chi connectivity index (χ0v) is 16.5. The zero-order chi connectivity index (χ0) is 20.1. The smallest absolute Gasteiger partial charge is 0.258 e. The predicted octanol–water partition coefficient (Wildman–Crippen LogP) is 2.33. The van der Waals surface area contributed by atoms with Crippen molar-refractivity contribution >= 4 is 16.8 Å².